The minimum absolute atomic E-state index is 0.105. The highest BCUT2D eigenvalue weighted by atomic mass is 19.4. The van der Waals surface area contributed by atoms with Crippen molar-refractivity contribution in [3.05, 3.63) is 0 Å². The molecule has 0 radical (unpaired) electrons. The fourth-order valence-electron chi connectivity index (χ4n) is 2.13. The summed E-state index contributed by atoms with van der Waals surface area (Å²) >= 11 is 0. The van der Waals surface area contributed by atoms with Crippen LogP contribution in [-0.4, -0.2) is 30.1 Å². The van der Waals surface area contributed by atoms with E-state index in [0.717, 1.165) is 4.90 Å². The first-order chi connectivity index (χ1) is 7.12. The van der Waals surface area contributed by atoms with Gasteiger partial charge in [-0.1, -0.05) is 20.8 Å². The van der Waals surface area contributed by atoms with Gasteiger partial charge in [0.05, 0.1) is 0 Å². The third-order valence-electron chi connectivity index (χ3n) is 3.25. The second-order valence-corrected chi connectivity index (χ2v) is 5.43. The van der Waals surface area contributed by atoms with E-state index in [0.29, 0.717) is 18.8 Å². The Hall–Kier alpha value is -0.740. The van der Waals surface area contributed by atoms with Crippen molar-refractivity contribution in [1.29, 1.82) is 0 Å². The van der Waals surface area contributed by atoms with Crippen molar-refractivity contribution in [2.45, 2.75) is 39.8 Å². The standard InChI is InChI=1S/C11H18F3NO/c1-10(2,3)8-4-6-15(7-5-8)9(16)11(12,13)14/h8H,4-7H2,1-3H3. The van der Waals surface area contributed by atoms with Crippen LogP contribution < -0.4 is 0 Å². The molecule has 0 saturated carbocycles. The molecule has 1 fully saturated rings. The van der Waals surface area contributed by atoms with Crippen molar-refractivity contribution >= 4 is 5.91 Å². The van der Waals surface area contributed by atoms with E-state index in [2.05, 4.69) is 20.8 Å². The Labute approximate surface area is 93.8 Å². The average Bonchev–Trinajstić information content (AvgIpc) is 2.14. The first-order valence-corrected chi connectivity index (χ1v) is 5.48. The van der Waals surface area contributed by atoms with E-state index in [1.54, 1.807) is 0 Å². The number of carbonyl (C=O) groups is 1. The zero-order valence-corrected chi connectivity index (χ0v) is 9.90. The molecular formula is C11H18F3NO. The summed E-state index contributed by atoms with van der Waals surface area (Å²) < 4.78 is 36.5. The number of alkyl halides is 3. The first kappa shape index (κ1) is 13.3. The predicted octanol–water partition coefficient (Wildman–Crippen LogP) is 2.83. The molecule has 0 aromatic rings. The van der Waals surface area contributed by atoms with Crippen molar-refractivity contribution in [1.82, 2.24) is 4.90 Å². The van der Waals surface area contributed by atoms with Crippen molar-refractivity contribution < 1.29 is 18.0 Å². The number of likely N-dealkylation sites (tertiary alicyclic amines) is 1. The van der Waals surface area contributed by atoms with E-state index in [1.165, 1.54) is 0 Å². The highest BCUT2D eigenvalue weighted by Crippen LogP contribution is 2.35. The highest BCUT2D eigenvalue weighted by Gasteiger charge is 2.43. The lowest BCUT2D eigenvalue weighted by Gasteiger charge is -2.38. The van der Waals surface area contributed by atoms with Crippen LogP contribution in [0, 0.1) is 11.3 Å². The molecule has 2 nitrogen and oxygen atoms in total. The lowest BCUT2D eigenvalue weighted by Crippen LogP contribution is -2.46. The van der Waals surface area contributed by atoms with Crippen LogP contribution in [0.5, 0.6) is 0 Å². The Bertz CT molecular complexity index is 259. The zero-order valence-electron chi connectivity index (χ0n) is 9.90. The Morgan fingerprint density at radius 1 is 1.12 bits per heavy atom. The third kappa shape index (κ3) is 3.12. The summed E-state index contributed by atoms with van der Waals surface area (Å²) in [5, 5.41) is 0. The van der Waals surface area contributed by atoms with Crippen LogP contribution in [0.4, 0.5) is 13.2 Å². The summed E-state index contributed by atoms with van der Waals surface area (Å²) in [6, 6.07) is 0. The second-order valence-electron chi connectivity index (χ2n) is 5.43. The Balaban J connectivity index is 2.53. The highest BCUT2D eigenvalue weighted by molar-refractivity contribution is 5.81. The van der Waals surface area contributed by atoms with Gasteiger partial charge in [0.25, 0.3) is 0 Å². The van der Waals surface area contributed by atoms with Crippen LogP contribution in [0.1, 0.15) is 33.6 Å². The number of piperidine rings is 1. The summed E-state index contributed by atoms with van der Waals surface area (Å²) in [5.74, 6) is -1.30. The molecule has 0 aromatic heterocycles. The van der Waals surface area contributed by atoms with E-state index < -0.39 is 12.1 Å². The summed E-state index contributed by atoms with van der Waals surface area (Å²) in [7, 11) is 0. The SMILES string of the molecule is CC(C)(C)C1CCN(C(=O)C(F)(F)F)CC1. The van der Waals surface area contributed by atoms with Crippen molar-refractivity contribution in [2.24, 2.45) is 11.3 Å². The number of amides is 1. The first-order valence-electron chi connectivity index (χ1n) is 5.48. The minimum Gasteiger partial charge on any atom is -0.335 e. The number of nitrogens with zero attached hydrogens (tertiary/aromatic N) is 1. The van der Waals surface area contributed by atoms with E-state index in [4.69, 9.17) is 0 Å². The Morgan fingerprint density at radius 3 is 1.88 bits per heavy atom. The van der Waals surface area contributed by atoms with Gasteiger partial charge >= 0.3 is 12.1 Å². The van der Waals surface area contributed by atoms with Gasteiger partial charge in [-0.2, -0.15) is 13.2 Å². The summed E-state index contributed by atoms with van der Waals surface area (Å²) in [5.41, 5.74) is 0.105. The quantitative estimate of drug-likeness (QED) is 0.634. The van der Waals surface area contributed by atoms with Crippen LogP contribution in [0.2, 0.25) is 0 Å². The van der Waals surface area contributed by atoms with E-state index in [-0.39, 0.29) is 18.5 Å². The number of halogens is 3. The van der Waals surface area contributed by atoms with Gasteiger partial charge in [-0.3, -0.25) is 4.79 Å². The van der Waals surface area contributed by atoms with E-state index in [9.17, 15) is 18.0 Å². The molecule has 1 rings (SSSR count). The molecule has 1 amide bonds. The number of hydrogen-bond donors (Lipinski definition) is 0. The summed E-state index contributed by atoms with van der Waals surface area (Å²) in [6.45, 7) is 6.69. The minimum atomic E-state index is -4.73. The monoisotopic (exact) mass is 237 g/mol. The molecule has 1 saturated heterocycles. The van der Waals surface area contributed by atoms with Crippen molar-refractivity contribution in [2.75, 3.05) is 13.1 Å². The van der Waals surface area contributed by atoms with Crippen molar-refractivity contribution in [3.8, 4) is 0 Å². The maximum absolute atomic E-state index is 12.2. The summed E-state index contributed by atoms with van der Waals surface area (Å²) in [6.07, 6.45) is -3.41. The molecule has 0 unspecified atom stereocenters. The molecule has 0 atom stereocenters. The van der Waals surface area contributed by atoms with E-state index >= 15 is 0 Å². The van der Waals surface area contributed by atoms with Gasteiger partial charge in [0.15, 0.2) is 0 Å². The molecule has 5 heteroatoms. The normalized spacial score (nSPS) is 20.0. The molecule has 1 aliphatic heterocycles. The number of carbonyl (C=O) groups excluding carboxylic acids is 1. The van der Waals surface area contributed by atoms with E-state index in [1.807, 2.05) is 0 Å². The largest absolute Gasteiger partial charge is 0.471 e. The molecule has 1 heterocycles. The lowest BCUT2D eigenvalue weighted by atomic mass is 9.75. The molecule has 0 spiro atoms. The van der Waals surface area contributed by atoms with Gasteiger partial charge < -0.3 is 4.90 Å². The topological polar surface area (TPSA) is 20.3 Å². The van der Waals surface area contributed by atoms with Gasteiger partial charge in [-0.15, -0.1) is 0 Å². The van der Waals surface area contributed by atoms with Crippen LogP contribution in [0.3, 0.4) is 0 Å². The molecule has 0 aromatic carbocycles. The molecule has 0 N–H and O–H groups in total. The smallest absolute Gasteiger partial charge is 0.335 e. The fraction of sp³-hybridized carbons (Fsp3) is 0.909. The number of rotatable bonds is 0. The fourth-order valence-corrected chi connectivity index (χ4v) is 2.13. The van der Waals surface area contributed by atoms with Gasteiger partial charge in [0.1, 0.15) is 0 Å². The van der Waals surface area contributed by atoms with Gasteiger partial charge in [-0.05, 0) is 24.2 Å². The Kier molecular flexibility index (Phi) is 3.55. The predicted molar refractivity (Wildman–Crippen MR) is 54.8 cm³/mol. The van der Waals surface area contributed by atoms with Gasteiger partial charge in [0.2, 0.25) is 0 Å². The zero-order chi connectivity index (χ0) is 12.6. The van der Waals surface area contributed by atoms with Crippen LogP contribution in [-0.2, 0) is 4.79 Å². The maximum atomic E-state index is 12.2. The molecule has 94 valence electrons. The van der Waals surface area contributed by atoms with Crippen LogP contribution in [0.15, 0.2) is 0 Å². The molecule has 0 aliphatic carbocycles. The molecule has 16 heavy (non-hydrogen) atoms. The summed E-state index contributed by atoms with van der Waals surface area (Å²) in [4.78, 5) is 11.9. The molecule has 1 aliphatic rings. The van der Waals surface area contributed by atoms with Crippen LogP contribution >= 0.6 is 0 Å². The maximum Gasteiger partial charge on any atom is 0.471 e. The third-order valence-corrected chi connectivity index (χ3v) is 3.25. The lowest BCUT2D eigenvalue weighted by molar-refractivity contribution is -0.187. The average molecular weight is 237 g/mol. The second kappa shape index (κ2) is 4.26. The molecule has 0 bridgehead atoms. The van der Waals surface area contributed by atoms with Gasteiger partial charge in [0, 0.05) is 13.1 Å². The van der Waals surface area contributed by atoms with Crippen LogP contribution in [0.25, 0.3) is 0 Å². The Morgan fingerprint density at radius 2 is 1.56 bits per heavy atom. The van der Waals surface area contributed by atoms with Gasteiger partial charge in [-0.25, -0.2) is 0 Å². The number of hydrogen-bond acceptors (Lipinski definition) is 1. The van der Waals surface area contributed by atoms with Crippen molar-refractivity contribution in [3.63, 3.8) is 0 Å². The molecular weight excluding hydrogens is 219 g/mol.